The second kappa shape index (κ2) is 6.74. The van der Waals surface area contributed by atoms with E-state index in [2.05, 4.69) is 42.4 Å². The minimum absolute atomic E-state index is 0.243. The number of imidazole rings is 1. The molecule has 0 atom stereocenters. The zero-order chi connectivity index (χ0) is 20.2. The van der Waals surface area contributed by atoms with E-state index >= 15 is 0 Å². The molecule has 2 aromatic carbocycles. The largest absolute Gasteiger partial charge is 0.398 e. The van der Waals surface area contributed by atoms with E-state index in [1.54, 1.807) is 6.07 Å². The van der Waals surface area contributed by atoms with Crippen LogP contribution in [-0.2, 0) is 0 Å². The molecule has 7 nitrogen and oxygen atoms in total. The number of nitrogens with zero attached hydrogens (tertiary/aromatic N) is 4. The zero-order valence-electron chi connectivity index (χ0n) is 17.0. The molecule has 1 aliphatic heterocycles. The zero-order valence-corrected chi connectivity index (χ0v) is 17.0. The Morgan fingerprint density at radius 2 is 1.80 bits per heavy atom. The summed E-state index contributed by atoms with van der Waals surface area (Å²) in [6.45, 7) is 4.02. The summed E-state index contributed by atoms with van der Waals surface area (Å²) < 4.78 is 4.44. The average molecular weight is 403 g/mol. The van der Waals surface area contributed by atoms with Gasteiger partial charge in [-0.05, 0) is 43.2 Å². The lowest BCUT2D eigenvalue weighted by molar-refractivity contribution is 0.543. The molecule has 4 aromatic rings. The van der Waals surface area contributed by atoms with Crippen molar-refractivity contribution in [2.24, 2.45) is 0 Å². The van der Waals surface area contributed by atoms with Crippen LogP contribution in [0.3, 0.4) is 0 Å². The Morgan fingerprint density at radius 3 is 2.60 bits per heavy atom. The third kappa shape index (κ3) is 2.55. The lowest BCUT2D eigenvalue weighted by atomic mass is 10.2. The highest BCUT2D eigenvalue weighted by Crippen LogP contribution is 2.37. The quantitative estimate of drug-likeness (QED) is 0.504. The maximum Gasteiger partial charge on any atom is 0.284 e. The number of nitrogens with two attached hydrogens (primary N) is 1. The summed E-state index contributed by atoms with van der Waals surface area (Å²) in [6.07, 6.45) is 4.70. The molecule has 0 radical (unpaired) electrons. The number of hydrogen-bond acceptors (Lipinski definition) is 5. The van der Waals surface area contributed by atoms with E-state index in [1.807, 2.05) is 12.1 Å². The van der Waals surface area contributed by atoms with Crippen LogP contribution < -0.4 is 21.5 Å². The van der Waals surface area contributed by atoms with Crippen molar-refractivity contribution in [3.63, 3.8) is 0 Å². The first-order chi connectivity index (χ1) is 14.7. The van der Waals surface area contributed by atoms with Gasteiger partial charge < -0.3 is 20.5 Å². The molecule has 0 unspecified atom stereocenters. The summed E-state index contributed by atoms with van der Waals surface area (Å²) in [5.41, 5.74) is 10.7. The minimum atomic E-state index is -0.243. The first-order valence-electron chi connectivity index (χ1n) is 10.9. The highest BCUT2D eigenvalue weighted by molar-refractivity contribution is 5.95. The molecule has 0 spiro atoms. The lowest BCUT2D eigenvalue weighted by Crippen LogP contribution is -2.43. The number of nitrogens with one attached hydrogen (secondary N) is 1. The van der Waals surface area contributed by atoms with Crippen LogP contribution in [0.5, 0.6) is 0 Å². The Hall–Kier alpha value is -3.06. The molecular weight excluding hydrogens is 376 g/mol. The van der Waals surface area contributed by atoms with E-state index in [0.29, 0.717) is 17.1 Å². The van der Waals surface area contributed by atoms with Crippen molar-refractivity contribution in [3.8, 4) is 0 Å². The topological polar surface area (TPSA) is 80.6 Å². The Bertz CT molecular complexity index is 1320. The van der Waals surface area contributed by atoms with Crippen molar-refractivity contribution >= 4 is 39.1 Å². The third-order valence-electron chi connectivity index (χ3n) is 6.78. The van der Waals surface area contributed by atoms with Crippen LogP contribution in [0, 0.1) is 0 Å². The van der Waals surface area contributed by atoms with Crippen molar-refractivity contribution in [1.82, 2.24) is 19.3 Å². The maximum atomic E-state index is 12.9. The molecule has 1 aliphatic carbocycles. The van der Waals surface area contributed by atoms with Gasteiger partial charge in [0, 0.05) is 43.6 Å². The standard InChI is InChI=1S/C23H26N6O/c24-17-6-3-7-19-21(17)22(30)26-23-28(15-4-1-2-5-15)20-14-16(8-9-18(20)29(19)23)27-12-10-25-11-13-27/h3,6-9,14-15,25H,1-2,4-5,10-13,24H2. The molecule has 2 fully saturated rings. The molecule has 3 heterocycles. The fourth-order valence-corrected chi connectivity index (χ4v) is 5.32. The number of nitrogen functional groups attached to an aromatic ring is 1. The summed E-state index contributed by atoms with van der Waals surface area (Å²) in [5.74, 6) is 0.734. The fourth-order valence-electron chi connectivity index (χ4n) is 5.32. The summed E-state index contributed by atoms with van der Waals surface area (Å²) in [6, 6.07) is 12.7. The lowest BCUT2D eigenvalue weighted by Gasteiger charge is -2.29. The van der Waals surface area contributed by atoms with E-state index in [9.17, 15) is 4.79 Å². The van der Waals surface area contributed by atoms with E-state index in [0.717, 1.165) is 61.3 Å². The third-order valence-corrected chi connectivity index (χ3v) is 6.78. The van der Waals surface area contributed by atoms with Gasteiger partial charge in [-0.3, -0.25) is 9.20 Å². The van der Waals surface area contributed by atoms with Crippen LogP contribution >= 0.6 is 0 Å². The van der Waals surface area contributed by atoms with Crippen LogP contribution in [0.25, 0.3) is 27.7 Å². The van der Waals surface area contributed by atoms with Gasteiger partial charge in [-0.25, -0.2) is 0 Å². The number of hydrogen-bond donors (Lipinski definition) is 2. The van der Waals surface area contributed by atoms with Gasteiger partial charge >= 0.3 is 0 Å². The predicted molar refractivity (Wildman–Crippen MR) is 121 cm³/mol. The van der Waals surface area contributed by atoms with Gasteiger partial charge in [-0.2, -0.15) is 4.98 Å². The SMILES string of the molecule is Nc1cccc2c1c(=O)nc1n(C3CCCC3)c3cc(N4CCNCC4)ccc3n21. The van der Waals surface area contributed by atoms with Gasteiger partial charge in [0.15, 0.2) is 0 Å². The van der Waals surface area contributed by atoms with Crippen LogP contribution in [0.4, 0.5) is 11.4 Å². The first kappa shape index (κ1) is 17.8. The molecule has 7 heteroatoms. The number of piperazine rings is 1. The summed E-state index contributed by atoms with van der Waals surface area (Å²) >= 11 is 0. The monoisotopic (exact) mass is 402 g/mol. The molecule has 0 bridgehead atoms. The molecular formula is C23H26N6O. The molecule has 1 saturated carbocycles. The van der Waals surface area contributed by atoms with E-state index in [4.69, 9.17) is 5.73 Å². The van der Waals surface area contributed by atoms with Crippen LogP contribution in [0.1, 0.15) is 31.7 Å². The highest BCUT2D eigenvalue weighted by atomic mass is 16.1. The van der Waals surface area contributed by atoms with Crippen molar-refractivity contribution in [3.05, 3.63) is 46.8 Å². The highest BCUT2D eigenvalue weighted by Gasteiger charge is 2.25. The molecule has 0 amide bonds. The Labute approximate surface area is 174 Å². The normalized spacial score (nSPS) is 18.2. The van der Waals surface area contributed by atoms with Crippen LogP contribution in [0.15, 0.2) is 41.2 Å². The molecule has 3 N–H and O–H groups in total. The van der Waals surface area contributed by atoms with Crippen LogP contribution in [0.2, 0.25) is 0 Å². The Morgan fingerprint density at radius 1 is 1.00 bits per heavy atom. The predicted octanol–water partition coefficient (Wildman–Crippen LogP) is 2.91. The number of anilines is 2. The van der Waals surface area contributed by atoms with Gasteiger partial charge in [0.25, 0.3) is 5.56 Å². The summed E-state index contributed by atoms with van der Waals surface area (Å²) in [4.78, 5) is 19.9. The molecule has 154 valence electrons. The van der Waals surface area contributed by atoms with Gasteiger partial charge in [0.2, 0.25) is 5.78 Å². The van der Waals surface area contributed by atoms with E-state index < -0.39 is 0 Å². The van der Waals surface area contributed by atoms with Gasteiger partial charge in [-0.1, -0.05) is 18.9 Å². The van der Waals surface area contributed by atoms with E-state index in [1.165, 1.54) is 18.5 Å². The van der Waals surface area contributed by atoms with Crippen molar-refractivity contribution in [2.45, 2.75) is 31.7 Å². The van der Waals surface area contributed by atoms with Crippen molar-refractivity contribution in [2.75, 3.05) is 36.8 Å². The number of rotatable bonds is 2. The van der Waals surface area contributed by atoms with Crippen molar-refractivity contribution < 1.29 is 0 Å². The van der Waals surface area contributed by atoms with Crippen LogP contribution in [-0.4, -0.2) is 40.1 Å². The van der Waals surface area contributed by atoms with E-state index in [-0.39, 0.29) is 5.56 Å². The summed E-state index contributed by atoms with van der Waals surface area (Å²) in [5, 5.41) is 3.93. The maximum absolute atomic E-state index is 12.9. The smallest absolute Gasteiger partial charge is 0.284 e. The Balaban J connectivity index is 1.71. The molecule has 6 rings (SSSR count). The number of fused-ring (bicyclic) bond motifs is 5. The fraction of sp³-hybridized carbons (Fsp3) is 0.391. The van der Waals surface area contributed by atoms with Gasteiger partial charge in [-0.15, -0.1) is 0 Å². The average Bonchev–Trinajstić information content (AvgIpc) is 3.39. The van der Waals surface area contributed by atoms with Crippen molar-refractivity contribution in [1.29, 1.82) is 0 Å². The second-order valence-electron chi connectivity index (χ2n) is 8.51. The Kier molecular flexibility index (Phi) is 3.99. The molecule has 30 heavy (non-hydrogen) atoms. The van der Waals surface area contributed by atoms with Gasteiger partial charge in [0.1, 0.15) is 0 Å². The molecule has 2 aromatic heterocycles. The molecule has 2 aliphatic rings. The second-order valence-corrected chi connectivity index (χ2v) is 8.51. The number of benzene rings is 2. The molecule has 1 saturated heterocycles. The summed E-state index contributed by atoms with van der Waals surface area (Å²) in [7, 11) is 0. The number of aromatic nitrogens is 3. The van der Waals surface area contributed by atoms with Gasteiger partial charge in [0.05, 0.1) is 21.9 Å². The minimum Gasteiger partial charge on any atom is -0.398 e. The first-order valence-corrected chi connectivity index (χ1v) is 10.9.